The fourth-order valence-electron chi connectivity index (χ4n) is 2.74. The minimum Gasteiger partial charge on any atom is -0.496 e. The van der Waals surface area contributed by atoms with E-state index in [-0.39, 0.29) is 11.6 Å². The van der Waals surface area contributed by atoms with Gasteiger partial charge in [-0.1, -0.05) is 6.07 Å². The minimum atomic E-state index is -3.46. The normalized spacial score (nSPS) is 12.1. The van der Waals surface area contributed by atoms with Crippen LogP contribution in [-0.4, -0.2) is 49.0 Å². The Morgan fingerprint density at radius 2 is 1.55 bits per heavy atom. The maximum absolute atomic E-state index is 12.9. The first-order valence-electron chi connectivity index (χ1n) is 8.77. The molecule has 0 aromatic heterocycles. The number of nitrogens with one attached hydrogen (secondary N) is 1. The third kappa shape index (κ3) is 5.11. The summed E-state index contributed by atoms with van der Waals surface area (Å²) in [6.07, 6.45) is 1.09. The molecule has 1 amide bonds. The highest BCUT2D eigenvalue weighted by molar-refractivity contribution is 7.92. The Balaban J connectivity index is 2.32. The van der Waals surface area contributed by atoms with Crippen LogP contribution in [0.1, 0.15) is 28.9 Å². The molecule has 1 N–H and O–H groups in total. The zero-order valence-corrected chi connectivity index (χ0v) is 18.2. The smallest absolute Gasteiger partial charge is 0.255 e. The largest absolute Gasteiger partial charge is 0.496 e. The van der Waals surface area contributed by atoms with Gasteiger partial charge in [-0.3, -0.25) is 9.10 Å². The number of hydrogen-bond acceptors (Lipinski definition) is 6. The van der Waals surface area contributed by atoms with Gasteiger partial charge in [-0.15, -0.1) is 0 Å². The van der Waals surface area contributed by atoms with E-state index in [0.29, 0.717) is 22.9 Å². The molecule has 0 aliphatic rings. The van der Waals surface area contributed by atoms with Gasteiger partial charge in [0.15, 0.2) is 11.5 Å². The van der Waals surface area contributed by atoms with Crippen LogP contribution in [0.5, 0.6) is 17.2 Å². The monoisotopic (exact) mass is 422 g/mol. The third-order valence-corrected chi connectivity index (χ3v) is 5.75. The third-order valence-electron chi connectivity index (χ3n) is 4.54. The van der Waals surface area contributed by atoms with Crippen molar-refractivity contribution in [1.29, 1.82) is 0 Å². The first-order valence-corrected chi connectivity index (χ1v) is 10.6. The molecule has 9 heteroatoms. The number of carbonyl (C=O) groups is 1. The van der Waals surface area contributed by atoms with Gasteiger partial charge in [-0.2, -0.15) is 0 Å². The topological polar surface area (TPSA) is 94.2 Å². The first kappa shape index (κ1) is 22.4. The molecule has 0 spiro atoms. The standard InChI is InChI=1S/C20H26N2O6S/c1-13(14-7-9-18(27-4)19(11-14)28-5)21-20(23)16-12-15(8-10-17(16)26-3)22(2)29(6,24)25/h7-13H,1-6H3,(H,21,23)/t13-/m0/s1. The summed E-state index contributed by atoms with van der Waals surface area (Å²) in [5, 5.41) is 2.90. The van der Waals surface area contributed by atoms with Crippen LogP contribution in [-0.2, 0) is 10.0 Å². The molecule has 1 atom stereocenters. The van der Waals surface area contributed by atoms with Gasteiger partial charge in [-0.25, -0.2) is 8.42 Å². The Bertz CT molecular complexity index is 990. The Morgan fingerprint density at radius 1 is 0.966 bits per heavy atom. The zero-order valence-electron chi connectivity index (χ0n) is 17.3. The van der Waals surface area contributed by atoms with E-state index in [4.69, 9.17) is 14.2 Å². The second kappa shape index (κ2) is 9.04. The highest BCUT2D eigenvalue weighted by atomic mass is 32.2. The van der Waals surface area contributed by atoms with Crippen molar-refractivity contribution in [3.05, 3.63) is 47.5 Å². The van der Waals surface area contributed by atoms with Crippen LogP contribution in [0.4, 0.5) is 5.69 Å². The number of sulfonamides is 1. The molecule has 0 saturated carbocycles. The number of benzene rings is 2. The highest BCUT2D eigenvalue weighted by Crippen LogP contribution is 2.31. The fraction of sp³-hybridized carbons (Fsp3) is 0.350. The lowest BCUT2D eigenvalue weighted by Crippen LogP contribution is -2.28. The van der Waals surface area contributed by atoms with E-state index in [1.165, 1.54) is 20.2 Å². The molecule has 0 heterocycles. The lowest BCUT2D eigenvalue weighted by atomic mass is 10.1. The Kier molecular flexibility index (Phi) is 6.97. The van der Waals surface area contributed by atoms with Gasteiger partial charge in [0.2, 0.25) is 10.0 Å². The molecule has 0 aliphatic heterocycles. The van der Waals surface area contributed by atoms with E-state index in [2.05, 4.69) is 5.32 Å². The van der Waals surface area contributed by atoms with E-state index in [1.54, 1.807) is 38.5 Å². The van der Waals surface area contributed by atoms with Crippen LogP contribution >= 0.6 is 0 Å². The predicted molar refractivity (Wildman–Crippen MR) is 112 cm³/mol. The molecule has 0 fully saturated rings. The van der Waals surface area contributed by atoms with Gasteiger partial charge in [0.1, 0.15) is 5.75 Å². The van der Waals surface area contributed by atoms with Crippen LogP contribution in [0.25, 0.3) is 0 Å². The first-order chi connectivity index (χ1) is 13.6. The number of amides is 1. The molecule has 8 nitrogen and oxygen atoms in total. The summed E-state index contributed by atoms with van der Waals surface area (Å²) in [6, 6.07) is 9.66. The molecule has 0 saturated heterocycles. The molecule has 0 aliphatic carbocycles. The van der Waals surface area contributed by atoms with E-state index in [0.717, 1.165) is 16.1 Å². The summed E-state index contributed by atoms with van der Waals surface area (Å²) in [5.74, 6) is 1.09. The molecule has 2 aromatic carbocycles. The van der Waals surface area contributed by atoms with Crippen molar-refractivity contribution in [3.8, 4) is 17.2 Å². The number of ether oxygens (including phenoxy) is 3. The zero-order chi connectivity index (χ0) is 21.8. The number of carbonyl (C=O) groups excluding carboxylic acids is 1. The molecular weight excluding hydrogens is 396 g/mol. The Hall–Kier alpha value is -2.94. The number of hydrogen-bond donors (Lipinski definition) is 1. The summed E-state index contributed by atoms with van der Waals surface area (Å²) in [7, 11) is 2.50. The van der Waals surface area contributed by atoms with Gasteiger partial charge in [0, 0.05) is 7.05 Å². The summed E-state index contributed by atoms with van der Waals surface area (Å²) in [5.41, 5.74) is 1.41. The van der Waals surface area contributed by atoms with Gasteiger partial charge in [0.05, 0.1) is 44.9 Å². The van der Waals surface area contributed by atoms with Crippen molar-refractivity contribution >= 4 is 21.6 Å². The highest BCUT2D eigenvalue weighted by Gasteiger charge is 2.20. The molecule has 0 unspecified atom stereocenters. The van der Waals surface area contributed by atoms with E-state index in [1.807, 2.05) is 13.0 Å². The summed E-state index contributed by atoms with van der Waals surface area (Å²) >= 11 is 0. The van der Waals surface area contributed by atoms with Gasteiger partial charge in [0.25, 0.3) is 5.91 Å². The molecule has 0 radical (unpaired) electrons. The van der Waals surface area contributed by atoms with Crippen LogP contribution < -0.4 is 23.8 Å². The number of nitrogens with zero attached hydrogens (tertiary/aromatic N) is 1. The maximum atomic E-state index is 12.9. The van der Waals surface area contributed by atoms with Crippen LogP contribution in [0, 0.1) is 0 Å². The Morgan fingerprint density at radius 3 is 2.10 bits per heavy atom. The van der Waals surface area contributed by atoms with Gasteiger partial charge >= 0.3 is 0 Å². The van der Waals surface area contributed by atoms with E-state index < -0.39 is 15.9 Å². The number of methoxy groups -OCH3 is 3. The SMILES string of the molecule is COc1ccc([C@H](C)NC(=O)c2cc(N(C)S(C)(=O)=O)ccc2OC)cc1OC. The predicted octanol–water partition coefficient (Wildman–Crippen LogP) is 2.60. The maximum Gasteiger partial charge on any atom is 0.255 e. The van der Waals surface area contributed by atoms with Crippen molar-refractivity contribution < 1.29 is 27.4 Å². The molecule has 29 heavy (non-hydrogen) atoms. The van der Waals surface area contributed by atoms with E-state index in [9.17, 15) is 13.2 Å². The van der Waals surface area contributed by atoms with Crippen molar-refractivity contribution in [2.75, 3.05) is 38.9 Å². The summed E-state index contributed by atoms with van der Waals surface area (Å²) in [4.78, 5) is 12.9. The summed E-state index contributed by atoms with van der Waals surface area (Å²) < 4.78 is 40.5. The van der Waals surface area contributed by atoms with Crippen LogP contribution in [0.15, 0.2) is 36.4 Å². The van der Waals surface area contributed by atoms with Gasteiger partial charge in [-0.05, 0) is 42.8 Å². The van der Waals surface area contributed by atoms with Crippen molar-refractivity contribution in [3.63, 3.8) is 0 Å². The molecule has 158 valence electrons. The summed E-state index contributed by atoms with van der Waals surface area (Å²) in [6.45, 7) is 1.83. The fourth-order valence-corrected chi connectivity index (χ4v) is 3.24. The second-order valence-corrected chi connectivity index (χ2v) is 8.44. The lowest BCUT2D eigenvalue weighted by Gasteiger charge is -2.20. The average molecular weight is 423 g/mol. The quantitative estimate of drug-likeness (QED) is 0.703. The molecule has 0 bridgehead atoms. The lowest BCUT2D eigenvalue weighted by molar-refractivity contribution is 0.0936. The molecule has 2 aromatic rings. The van der Waals surface area contributed by atoms with Crippen molar-refractivity contribution in [2.24, 2.45) is 0 Å². The molecule has 2 rings (SSSR count). The average Bonchev–Trinajstić information content (AvgIpc) is 2.71. The second-order valence-electron chi connectivity index (χ2n) is 6.42. The minimum absolute atomic E-state index is 0.229. The Labute approximate surface area is 171 Å². The van der Waals surface area contributed by atoms with Crippen molar-refractivity contribution in [2.45, 2.75) is 13.0 Å². The van der Waals surface area contributed by atoms with Gasteiger partial charge < -0.3 is 19.5 Å². The number of rotatable bonds is 8. The van der Waals surface area contributed by atoms with Crippen molar-refractivity contribution in [1.82, 2.24) is 5.32 Å². The van der Waals surface area contributed by atoms with Crippen LogP contribution in [0.2, 0.25) is 0 Å². The van der Waals surface area contributed by atoms with Crippen LogP contribution in [0.3, 0.4) is 0 Å². The molecular formula is C20H26N2O6S. The van der Waals surface area contributed by atoms with E-state index >= 15 is 0 Å². The number of anilines is 1.